The molecule has 2 atom stereocenters. The van der Waals surface area contributed by atoms with E-state index in [1.54, 1.807) is 0 Å². The summed E-state index contributed by atoms with van der Waals surface area (Å²) in [6.45, 7) is 4.21. The number of amides is 2. The summed E-state index contributed by atoms with van der Waals surface area (Å²) in [5.74, 6) is -1.23. The maximum atomic E-state index is 12.7. The van der Waals surface area contributed by atoms with Crippen LogP contribution in [0, 0.1) is 0 Å². The second kappa shape index (κ2) is 12.9. The number of aliphatic carboxylic acids is 1. The summed E-state index contributed by atoms with van der Waals surface area (Å²) in [5, 5.41) is 14.8. The van der Waals surface area contributed by atoms with Gasteiger partial charge in [0, 0.05) is 24.4 Å². The Morgan fingerprint density at radius 1 is 0.857 bits per heavy atom. The first-order valence-corrected chi connectivity index (χ1v) is 12.6. The number of nitrogens with one attached hydrogen (secondary N) is 2. The fourth-order valence-corrected chi connectivity index (χ4v) is 4.78. The van der Waals surface area contributed by atoms with Crippen LogP contribution in [-0.4, -0.2) is 41.8 Å². The Hall–Kier alpha value is -3.35. The minimum Gasteiger partial charge on any atom is -0.481 e. The van der Waals surface area contributed by atoms with Crippen molar-refractivity contribution < 1.29 is 24.2 Å². The van der Waals surface area contributed by atoms with Gasteiger partial charge in [-0.05, 0) is 35.1 Å². The number of carboxylic acids is 1. The molecule has 0 unspecified atom stereocenters. The molecule has 3 rings (SSSR count). The van der Waals surface area contributed by atoms with Crippen molar-refractivity contribution in [1.29, 1.82) is 0 Å². The highest BCUT2D eigenvalue weighted by molar-refractivity contribution is 5.80. The van der Waals surface area contributed by atoms with Crippen molar-refractivity contribution in [2.45, 2.75) is 76.8 Å². The predicted octanol–water partition coefficient (Wildman–Crippen LogP) is 5.23. The summed E-state index contributed by atoms with van der Waals surface area (Å²) in [5.41, 5.74) is 4.61. The van der Waals surface area contributed by atoms with Crippen LogP contribution in [-0.2, 0) is 14.3 Å². The zero-order valence-corrected chi connectivity index (χ0v) is 20.6. The number of ether oxygens (including phenoxy) is 1. The summed E-state index contributed by atoms with van der Waals surface area (Å²) in [6, 6.07) is 15.5. The van der Waals surface area contributed by atoms with E-state index < -0.39 is 18.1 Å². The minimum atomic E-state index is -0.942. The van der Waals surface area contributed by atoms with Crippen LogP contribution in [0.5, 0.6) is 0 Å². The van der Waals surface area contributed by atoms with Gasteiger partial charge in [-0.15, -0.1) is 0 Å². The third-order valence-corrected chi connectivity index (χ3v) is 6.43. The Labute approximate surface area is 207 Å². The van der Waals surface area contributed by atoms with Gasteiger partial charge in [0.05, 0.1) is 6.42 Å². The highest BCUT2D eigenvalue weighted by atomic mass is 16.5. The van der Waals surface area contributed by atoms with Crippen molar-refractivity contribution in [1.82, 2.24) is 10.6 Å². The molecule has 2 amide bonds. The number of carbonyl (C=O) groups is 3. The van der Waals surface area contributed by atoms with Crippen LogP contribution < -0.4 is 10.6 Å². The van der Waals surface area contributed by atoms with Gasteiger partial charge < -0.3 is 20.5 Å². The number of fused-ring (bicyclic) bond motifs is 3. The summed E-state index contributed by atoms with van der Waals surface area (Å²) >= 11 is 0. The van der Waals surface area contributed by atoms with Crippen LogP contribution in [0.2, 0.25) is 0 Å². The van der Waals surface area contributed by atoms with Gasteiger partial charge in [0.25, 0.3) is 0 Å². The SMILES string of the molecule is CCCC[C@@H](CC(=O)N[C@H](CCC)CC(=O)O)NC(=O)OCC1c2ccccc2-c2ccccc21. The molecule has 188 valence electrons. The van der Waals surface area contributed by atoms with Crippen molar-refractivity contribution in [2.24, 2.45) is 0 Å². The highest BCUT2D eigenvalue weighted by Gasteiger charge is 2.29. The molecule has 0 bridgehead atoms. The molecule has 0 aliphatic heterocycles. The molecule has 0 saturated heterocycles. The Bertz CT molecular complexity index is 976. The van der Waals surface area contributed by atoms with E-state index in [-0.39, 0.29) is 37.3 Å². The van der Waals surface area contributed by atoms with Gasteiger partial charge in [-0.1, -0.05) is 81.6 Å². The summed E-state index contributed by atoms with van der Waals surface area (Å²) < 4.78 is 5.64. The van der Waals surface area contributed by atoms with Crippen LogP contribution >= 0.6 is 0 Å². The number of unbranched alkanes of at least 4 members (excludes halogenated alkanes) is 1. The molecular weight excluding hydrogens is 444 g/mol. The number of hydrogen-bond acceptors (Lipinski definition) is 4. The zero-order chi connectivity index (χ0) is 25.2. The number of carbonyl (C=O) groups excluding carboxylic acids is 2. The minimum absolute atomic E-state index is 0.0311. The number of rotatable bonds is 13. The second-order valence-electron chi connectivity index (χ2n) is 9.16. The van der Waals surface area contributed by atoms with Gasteiger partial charge in [0.2, 0.25) is 5.91 Å². The van der Waals surface area contributed by atoms with Crippen LogP contribution in [0.3, 0.4) is 0 Å². The third-order valence-electron chi connectivity index (χ3n) is 6.43. The highest BCUT2D eigenvalue weighted by Crippen LogP contribution is 2.44. The standard InChI is InChI=1S/C28H36N2O5/c1-3-5-11-20(16-26(31)29-19(10-4-2)17-27(32)33)30-28(34)35-18-25-23-14-8-6-12-21(23)22-13-7-9-15-24(22)25/h6-9,12-15,19-20,25H,3-5,10-11,16-18H2,1-2H3,(H,29,31)(H,30,34)(H,32,33)/t19-,20+/m1/s1. The van der Waals surface area contributed by atoms with Crippen LogP contribution in [0.4, 0.5) is 4.79 Å². The van der Waals surface area contributed by atoms with Crippen LogP contribution in [0.25, 0.3) is 11.1 Å². The van der Waals surface area contributed by atoms with Crippen molar-refractivity contribution in [3.8, 4) is 11.1 Å². The van der Waals surface area contributed by atoms with E-state index in [0.717, 1.165) is 41.5 Å². The molecule has 2 aromatic rings. The molecule has 0 radical (unpaired) electrons. The largest absolute Gasteiger partial charge is 0.481 e. The molecule has 0 spiro atoms. The third kappa shape index (κ3) is 7.31. The molecule has 3 N–H and O–H groups in total. The van der Waals surface area contributed by atoms with E-state index in [1.807, 2.05) is 31.2 Å². The van der Waals surface area contributed by atoms with Crippen molar-refractivity contribution in [3.63, 3.8) is 0 Å². The summed E-state index contributed by atoms with van der Waals surface area (Å²) in [6.07, 6.45) is 3.23. The lowest BCUT2D eigenvalue weighted by atomic mass is 9.98. The quantitative estimate of drug-likeness (QED) is 0.364. The zero-order valence-electron chi connectivity index (χ0n) is 20.6. The monoisotopic (exact) mass is 480 g/mol. The first kappa shape index (κ1) is 26.3. The van der Waals surface area contributed by atoms with Gasteiger partial charge in [0.1, 0.15) is 6.61 Å². The van der Waals surface area contributed by atoms with E-state index in [0.29, 0.717) is 12.8 Å². The summed E-state index contributed by atoms with van der Waals surface area (Å²) in [4.78, 5) is 36.4. The predicted molar refractivity (Wildman–Crippen MR) is 135 cm³/mol. The second-order valence-corrected chi connectivity index (χ2v) is 9.16. The topological polar surface area (TPSA) is 105 Å². The van der Waals surface area contributed by atoms with E-state index in [4.69, 9.17) is 9.84 Å². The van der Waals surface area contributed by atoms with Gasteiger partial charge in [-0.3, -0.25) is 9.59 Å². The number of carboxylic acid groups (broad SMARTS) is 1. The van der Waals surface area contributed by atoms with Crippen LogP contribution in [0.15, 0.2) is 48.5 Å². The molecule has 0 aromatic heterocycles. The normalized spacial score (nSPS) is 13.9. The van der Waals surface area contributed by atoms with Gasteiger partial charge in [-0.2, -0.15) is 0 Å². The maximum Gasteiger partial charge on any atom is 0.407 e. The smallest absolute Gasteiger partial charge is 0.407 e. The van der Waals surface area contributed by atoms with E-state index in [9.17, 15) is 14.4 Å². The fraction of sp³-hybridized carbons (Fsp3) is 0.464. The van der Waals surface area contributed by atoms with Crippen molar-refractivity contribution >= 4 is 18.0 Å². The molecule has 0 heterocycles. The Balaban J connectivity index is 1.59. The van der Waals surface area contributed by atoms with E-state index >= 15 is 0 Å². The van der Waals surface area contributed by atoms with Gasteiger partial charge in [0.15, 0.2) is 0 Å². The molecule has 35 heavy (non-hydrogen) atoms. The van der Waals surface area contributed by atoms with E-state index in [2.05, 4.69) is 41.8 Å². The lowest BCUT2D eigenvalue weighted by Crippen LogP contribution is -2.43. The Morgan fingerprint density at radius 3 is 2.03 bits per heavy atom. The van der Waals surface area contributed by atoms with Gasteiger partial charge >= 0.3 is 12.1 Å². The number of benzene rings is 2. The van der Waals surface area contributed by atoms with Gasteiger partial charge in [-0.25, -0.2) is 4.79 Å². The number of alkyl carbamates (subject to hydrolysis) is 1. The summed E-state index contributed by atoms with van der Waals surface area (Å²) in [7, 11) is 0. The van der Waals surface area contributed by atoms with Crippen molar-refractivity contribution in [2.75, 3.05) is 6.61 Å². The Morgan fingerprint density at radius 2 is 1.46 bits per heavy atom. The first-order valence-electron chi connectivity index (χ1n) is 12.6. The fourth-order valence-electron chi connectivity index (χ4n) is 4.78. The first-order chi connectivity index (χ1) is 16.9. The average molecular weight is 481 g/mol. The molecule has 0 saturated carbocycles. The molecule has 1 aliphatic rings. The molecule has 0 fully saturated rings. The Kier molecular flexibility index (Phi) is 9.70. The molecule has 7 nitrogen and oxygen atoms in total. The molecule has 1 aliphatic carbocycles. The molecule has 7 heteroatoms. The molecular formula is C28H36N2O5. The van der Waals surface area contributed by atoms with E-state index in [1.165, 1.54) is 0 Å². The van der Waals surface area contributed by atoms with Crippen LogP contribution in [0.1, 0.15) is 75.8 Å². The molecule has 2 aromatic carbocycles. The lowest BCUT2D eigenvalue weighted by Gasteiger charge is -2.21. The lowest BCUT2D eigenvalue weighted by molar-refractivity contribution is -0.137. The van der Waals surface area contributed by atoms with Crippen molar-refractivity contribution in [3.05, 3.63) is 59.7 Å². The maximum absolute atomic E-state index is 12.7. The number of hydrogen-bond donors (Lipinski definition) is 3. The average Bonchev–Trinajstić information content (AvgIpc) is 3.14.